The number of nitrogens with one attached hydrogen (secondary N) is 2. The van der Waals surface area contributed by atoms with Crippen molar-refractivity contribution < 1.29 is 9.59 Å². The zero-order valence-corrected chi connectivity index (χ0v) is 8.85. The highest BCUT2D eigenvalue weighted by Crippen LogP contribution is 1.94. The van der Waals surface area contributed by atoms with E-state index in [1.54, 1.807) is 14.0 Å². The molecule has 0 unspecified atom stereocenters. The summed E-state index contributed by atoms with van der Waals surface area (Å²) in [5, 5.41) is 5.25. The Morgan fingerprint density at radius 1 is 1.29 bits per heavy atom. The first kappa shape index (κ1) is 12.7. The largest absolute Gasteiger partial charge is 0.359 e. The van der Waals surface area contributed by atoms with E-state index < -0.39 is 0 Å². The fourth-order valence-electron chi connectivity index (χ4n) is 0.888. The van der Waals surface area contributed by atoms with Gasteiger partial charge in [0.1, 0.15) is 0 Å². The van der Waals surface area contributed by atoms with E-state index in [0.717, 1.165) is 12.8 Å². The summed E-state index contributed by atoms with van der Waals surface area (Å²) < 4.78 is 0. The SMILES string of the molecule is C=C(C)C(=O)NCCCCC(=O)NC. The second kappa shape index (κ2) is 7.12. The van der Waals surface area contributed by atoms with Crippen LogP contribution in [0.5, 0.6) is 0 Å². The molecule has 4 nitrogen and oxygen atoms in total. The number of rotatable bonds is 6. The van der Waals surface area contributed by atoms with Gasteiger partial charge in [0.05, 0.1) is 0 Å². The van der Waals surface area contributed by atoms with Crippen LogP contribution in [0.1, 0.15) is 26.2 Å². The molecule has 0 saturated carbocycles. The summed E-state index contributed by atoms with van der Waals surface area (Å²) in [5.74, 6) is -0.0822. The highest BCUT2D eigenvalue weighted by molar-refractivity contribution is 5.92. The summed E-state index contributed by atoms with van der Waals surface area (Å²) in [7, 11) is 1.62. The van der Waals surface area contributed by atoms with Gasteiger partial charge in [0.25, 0.3) is 0 Å². The third-order valence-electron chi connectivity index (χ3n) is 1.78. The molecule has 2 amide bonds. The quantitative estimate of drug-likeness (QED) is 0.485. The van der Waals surface area contributed by atoms with Crippen LogP contribution in [0.3, 0.4) is 0 Å². The molecule has 80 valence electrons. The average molecular weight is 198 g/mol. The zero-order chi connectivity index (χ0) is 11.0. The van der Waals surface area contributed by atoms with Gasteiger partial charge in [-0.05, 0) is 19.8 Å². The van der Waals surface area contributed by atoms with Crippen molar-refractivity contribution in [2.75, 3.05) is 13.6 Å². The van der Waals surface area contributed by atoms with E-state index in [1.165, 1.54) is 0 Å². The van der Waals surface area contributed by atoms with Crippen LogP contribution >= 0.6 is 0 Å². The molecule has 4 heteroatoms. The van der Waals surface area contributed by atoms with Crippen LogP contribution in [0.15, 0.2) is 12.2 Å². The Labute approximate surface area is 84.8 Å². The zero-order valence-electron chi connectivity index (χ0n) is 8.85. The van der Waals surface area contributed by atoms with Crippen LogP contribution < -0.4 is 10.6 Å². The van der Waals surface area contributed by atoms with Crippen LogP contribution in [-0.2, 0) is 9.59 Å². The van der Waals surface area contributed by atoms with Gasteiger partial charge in [0.2, 0.25) is 11.8 Å². The van der Waals surface area contributed by atoms with Gasteiger partial charge in [-0.15, -0.1) is 0 Å². The highest BCUT2D eigenvalue weighted by Gasteiger charge is 2.00. The third-order valence-corrected chi connectivity index (χ3v) is 1.78. The van der Waals surface area contributed by atoms with Gasteiger partial charge in [-0.3, -0.25) is 9.59 Å². The molecule has 0 bridgehead atoms. The lowest BCUT2D eigenvalue weighted by Gasteiger charge is -2.03. The van der Waals surface area contributed by atoms with Crippen LogP contribution in [0.2, 0.25) is 0 Å². The molecule has 0 atom stereocenters. The summed E-state index contributed by atoms with van der Waals surface area (Å²) in [6.45, 7) is 5.79. The van der Waals surface area contributed by atoms with E-state index in [1.807, 2.05) is 0 Å². The molecule has 0 spiro atoms. The van der Waals surface area contributed by atoms with Gasteiger partial charge < -0.3 is 10.6 Å². The molecule has 2 N–H and O–H groups in total. The maximum atomic E-state index is 11.0. The standard InChI is InChI=1S/C10H18N2O2/c1-8(2)10(14)12-7-5-4-6-9(13)11-3/h1,4-7H2,2-3H3,(H,11,13)(H,12,14). The van der Waals surface area contributed by atoms with Crippen molar-refractivity contribution in [1.29, 1.82) is 0 Å². The lowest BCUT2D eigenvalue weighted by atomic mass is 10.2. The smallest absolute Gasteiger partial charge is 0.246 e. The number of carbonyl (C=O) groups excluding carboxylic acids is 2. The number of hydrogen-bond donors (Lipinski definition) is 2. The second-order valence-corrected chi connectivity index (χ2v) is 3.17. The van der Waals surface area contributed by atoms with Crippen LogP contribution in [0, 0.1) is 0 Å². The predicted octanol–water partition coefficient (Wildman–Crippen LogP) is 0.595. The molecule has 0 aliphatic rings. The normalized spacial score (nSPS) is 9.29. The third kappa shape index (κ3) is 6.22. The lowest BCUT2D eigenvalue weighted by molar-refractivity contribution is -0.120. The minimum atomic E-state index is -0.120. The predicted molar refractivity (Wildman–Crippen MR) is 55.7 cm³/mol. The van der Waals surface area contributed by atoms with Gasteiger partial charge in [-0.25, -0.2) is 0 Å². The summed E-state index contributed by atoms with van der Waals surface area (Å²) >= 11 is 0. The molecule has 14 heavy (non-hydrogen) atoms. The molecular formula is C10H18N2O2. The molecular weight excluding hydrogens is 180 g/mol. The van der Waals surface area contributed by atoms with Crippen molar-refractivity contribution in [1.82, 2.24) is 10.6 Å². The van der Waals surface area contributed by atoms with Gasteiger partial charge in [0, 0.05) is 25.6 Å². The van der Waals surface area contributed by atoms with Gasteiger partial charge >= 0.3 is 0 Å². The molecule has 0 aliphatic carbocycles. The molecule has 0 saturated heterocycles. The van der Waals surface area contributed by atoms with Crippen molar-refractivity contribution >= 4 is 11.8 Å². The van der Waals surface area contributed by atoms with Crippen molar-refractivity contribution in [3.05, 3.63) is 12.2 Å². The Hall–Kier alpha value is -1.32. The van der Waals surface area contributed by atoms with Crippen molar-refractivity contribution in [3.63, 3.8) is 0 Å². The van der Waals surface area contributed by atoms with E-state index in [4.69, 9.17) is 0 Å². The second-order valence-electron chi connectivity index (χ2n) is 3.17. The summed E-state index contributed by atoms with van der Waals surface area (Å²) in [5.41, 5.74) is 0.510. The summed E-state index contributed by atoms with van der Waals surface area (Å²) in [6, 6.07) is 0. The average Bonchev–Trinajstić information content (AvgIpc) is 2.16. The maximum absolute atomic E-state index is 11.0. The van der Waals surface area contributed by atoms with Crippen LogP contribution in [0.4, 0.5) is 0 Å². The topological polar surface area (TPSA) is 58.2 Å². The van der Waals surface area contributed by atoms with E-state index in [-0.39, 0.29) is 11.8 Å². The van der Waals surface area contributed by atoms with Gasteiger partial charge in [0.15, 0.2) is 0 Å². The Morgan fingerprint density at radius 3 is 2.43 bits per heavy atom. The lowest BCUT2D eigenvalue weighted by Crippen LogP contribution is -2.25. The van der Waals surface area contributed by atoms with Crippen LogP contribution in [-0.4, -0.2) is 25.4 Å². The number of carbonyl (C=O) groups is 2. The molecule has 0 fully saturated rings. The van der Waals surface area contributed by atoms with E-state index in [0.29, 0.717) is 18.5 Å². The Balaban J connectivity index is 3.34. The van der Waals surface area contributed by atoms with Crippen molar-refractivity contribution in [2.24, 2.45) is 0 Å². The maximum Gasteiger partial charge on any atom is 0.246 e. The number of amides is 2. The molecule has 0 rings (SSSR count). The molecule has 0 aromatic rings. The minimum absolute atomic E-state index is 0.0382. The Morgan fingerprint density at radius 2 is 1.93 bits per heavy atom. The highest BCUT2D eigenvalue weighted by atomic mass is 16.2. The fraction of sp³-hybridized carbons (Fsp3) is 0.600. The monoisotopic (exact) mass is 198 g/mol. The van der Waals surface area contributed by atoms with E-state index in [9.17, 15) is 9.59 Å². The number of unbranched alkanes of at least 4 members (excludes halogenated alkanes) is 1. The minimum Gasteiger partial charge on any atom is -0.359 e. The van der Waals surface area contributed by atoms with E-state index >= 15 is 0 Å². The molecule has 0 radical (unpaired) electrons. The molecule has 0 aromatic carbocycles. The fourth-order valence-corrected chi connectivity index (χ4v) is 0.888. The first-order chi connectivity index (χ1) is 6.57. The molecule has 0 aliphatic heterocycles. The molecule has 0 aromatic heterocycles. The van der Waals surface area contributed by atoms with Gasteiger partial charge in [-0.1, -0.05) is 6.58 Å². The van der Waals surface area contributed by atoms with Crippen LogP contribution in [0.25, 0.3) is 0 Å². The Bertz CT molecular complexity index is 224. The van der Waals surface area contributed by atoms with Crippen molar-refractivity contribution in [3.8, 4) is 0 Å². The molecule has 0 heterocycles. The summed E-state index contributed by atoms with van der Waals surface area (Å²) in [6.07, 6.45) is 2.11. The first-order valence-electron chi connectivity index (χ1n) is 4.72. The van der Waals surface area contributed by atoms with Crippen molar-refractivity contribution in [2.45, 2.75) is 26.2 Å². The van der Waals surface area contributed by atoms with E-state index in [2.05, 4.69) is 17.2 Å². The van der Waals surface area contributed by atoms with Gasteiger partial charge in [-0.2, -0.15) is 0 Å². The Kier molecular flexibility index (Phi) is 6.45. The summed E-state index contributed by atoms with van der Waals surface area (Å²) in [4.78, 5) is 21.8. The first-order valence-corrected chi connectivity index (χ1v) is 4.72. The number of hydrogen-bond acceptors (Lipinski definition) is 2.